The van der Waals surface area contributed by atoms with Crippen molar-refractivity contribution < 1.29 is 0 Å². The Balaban J connectivity index is 1.75. The van der Waals surface area contributed by atoms with Crippen molar-refractivity contribution in [1.82, 2.24) is 10.2 Å². The Hall–Kier alpha value is 0.220. The van der Waals surface area contributed by atoms with Crippen molar-refractivity contribution in [1.29, 1.82) is 0 Å². The van der Waals surface area contributed by atoms with Gasteiger partial charge in [-0.3, -0.25) is 5.14 Å². The second-order valence-electron chi connectivity index (χ2n) is 7.19. The molecular weight excluding hydrogens is 378 g/mol. The molecule has 1 aromatic rings. The highest BCUT2D eigenvalue weighted by Crippen LogP contribution is 2.29. The van der Waals surface area contributed by atoms with E-state index in [1.54, 1.807) is 11.3 Å². The predicted molar refractivity (Wildman–Crippen MR) is 121 cm³/mol. The van der Waals surface area contributed by atoms with Gasteiger partial charge in [-0.1, -0.05) is 115 Å². The van der Waals surface area contributed by atoms with E-state index in [1.807, 2.05) is 0 Å². The number of aryl methyl sites for hydroxylation is 1. The molecule has 0 radical (unpaired) electrons. The SMILES string of the molecule is CCCCCCCCCCCCCCCCCCc1nnc(SSN)s1. The van der Waals surface area contributed by atoms with Gasteiger partial charge in [-0.15, -0.1) is 10.2 Å². The van der Waals surface area contributed by atoms with Crippen molar-refractivity contribution in [2.75, 3.05) is 0 Å². The van der Waals surface area contributed by atoms with Gasteiger partial charge in [-0.05, 0) is 28.2 Å². The van der Waals surface area contributed by atoms with E-state index in [-0.39, 0.29) is 0 Å². The Labute approximate surface area is 173 Å². The fraction of sp³-hybridized carbons (Fsp3) is 0.900. The molecule has 0 atom stereocenters. The molecule has 3 nitrogen and oxygen atoms in total. The molecule has 26 heavy (non-hydrogen) atoms. The van der Waals surface area contributed by atoms with Crippen LogP contribution in [0.1, 0.15) is 115 Å². The van der Waals surface area contributed by atoms with Crippen LogP contribution in [0.3, 0.4) is 0 Å². The van der Waals surface area contributed by atoms with E-state index >= 15 is 0 Å². The van der Waals surface area contributed by atoms with Crippen LogP contribution in [-0.2, 0) is 6.42 Å². The molecule has 0 amide bonds. The van der Waals surface area contributed by atoms with Gasteiger partial charge in [0.15, 0.2) is 4.34 Å². The van der Waals surface area contributed by atoms with Gasteiger partial charge >= 0.3 is 0 Å². The van der Waals surface area contributed by atoms with Gasteiger partial charge in [-0.2, -0.15) is 0 Å². The fourth-order valence-corrected chi connectivity index (χ4v) is 5.44. The summed E-state index contributed by atoms with van der Waals surface area (Å²) in [4.78, 5) is 0. The van der Waals surface area contributed by atoms with Crippen LogP contribution in [0.2, 0.25) is 0 Å². The first-order chi connectivity index (χ1) is 12.9. The summed E-state index contributed by atoms with van der Waals surface area (Å²) in [6, 6.07) is 0. The number of nitrogens with two attached hydrogens (primary N) is 1. The van der Waals surface area contributed by atoms with Gasteiger partial charge in [-0.25, -0.2) is 0 Å². The van der Waals surface area contributed by atoms with Crippen molar-refractivity contribution >= 4 is 33.1 Å². The van der Waals surface area contributed by atoms with Crippen LogP contribution >= 0.6 is 33.1 Å². The van der Waals surface area contributed by atoms with E-state index in [1.165, 1.54) is 125 Å². The number of hydrogen-bond donors (Lipinski definition) is 1. The maximum atomic E-state index is 5.43. The summed E-state index contributed by atoms with van der Waals surface area (Å²) >= 11 is 1.68. The van der Waals surface area contributed by atoms with Gasteiger partial charge < -0.3 is 0 Å². The van der Waals surface area contributed by atoms with Crippen LogP contribution in [0.4, 0.5) is 0 Å². The lowest BCUT2D eigenvalue weighted by molar-refractivity contribution is 0.529. The molecular formula is C20H39N3S3. The van der Waals surface area contributed by atoms with Gasteiger partial charge in [0, 0.05) is 6.42 Å². The average Bonchev–Trinajstić information content (AvgIpc) is 3.09. The third-order valence-corrected chi connectivity index (χ3v) is 7.49. The number of hydrogen-bond acceptors (Lipinski definition) is 6. The Morgan fingerprint density at radius 3 is 1.62 bits per heavy atom. The van der Waals surface area contributed by atoms with Gasteiger partial charge in [0.25, 0.3) is 0 Å². The van der Waals surface area contributed by atoms with Crippen molar-refractivity contribution in [2.24, 2.45) is 5.14 Å². The first-order valence-corrected chi connectivity index (χ1v) is 13.8. The lowest BCUT2D eigenvalue weighted by Gasteiger charge is -2.03. The van der Waals surface area contributed by atoms with Crippen LogP contribution in [0.5, 0.6) is 0 Å². The second-order valence-corrected chi connectivity index (χ2v) is 10.3. The monoisotopic (exact) mass is 417 g/mol. The van der Waals surface area contributed by atoms with E-state index in [4.69, 9.17) is 5.14 Å². The first kappa shape index (κ1) is 24.3. The minimum absolute atomic E-state index is 0.976. The molecule has 0 saturated carbocycles. The topological polar surface area (TPSA) is 51.8 Å². The molecule has 6 heteroatoms. The average molecular weight is 418 g/mol. The zero-order valence-corrected chi connectivity index (χ0v) is 19.2. The van der Waals surface area contributed by atoms with E-state index in [0.29, 0.717) is 0 Å². The molecule has 0 unspecified atom stereocenters. The molecule has 2 N–H and O–H groups in total. The minimum atomic E-state index is 0.976. The minimum Gasteiger partial charge on any atom is -0.268 e. The number of rotatable bonds is 19. The van der Waals surface area contributed by atoms with E-state index < -0.39 is 0 Å². The molecule has 0 aromatic carbocycles. The first-order valence-electron chi connectivity index (χ1n) is 10.7. The Morgan fingerprint density at radius 2 is 1.15 bits per heavy atom. The molecule has 0 spiro atoms. The summed E-state index contributed by atoms with van der Waals surface area (Å²) in [5.74, 6) is 0. The van der Waals surface area contributed by atoms with Crippen molar-refractivity contribution in [3.8, 4) is 0 Å². The number of aromatic nitrogens is 2. The highest BCUT2D eigenvalue weighted by Gasteiger charge is 2.04. The van der Waals surface area contributed by atoms with Crippen LogP contribution in [0, 0.1) is 0 Å². The van der Waals surface area contributed by atoms with Crippen LogP contribution in [-0.4, -0.2) is 10.2 Å². The molecule has 1 aromatic heterocycles. The third-order valence-electron chi connectivity index (χ3n) is 4.81. The molecule has 0 bridgehead atoms. The lowest BCUT2D eigenvalue weighted by atomic mass is 10.0. The molecule has 0 fully saturated rings. The maximum absolute atomic E-state index is 5.43. The van der Waals surface area contributed by atoms with E-state index in [9.17, 15) is 0 Å². The summed E-state index contributed by atoms with van der Waals surface area (Å²) in [6.45, 7) is 2.29. The molecule has 1 heterocycles. The van der Waals surface area contributed by atoms with Gasteiger partial charge in [0.1, 0.15) is 5.01 Å². The Kier molecular flexibility index (Phi) is 17.3. The molecule has 1 rings (SSSR count). The fourth-order valence-electron chi connectivity index (χ4n) is 3.24. The largest absolute Gasteiger partial charge is 0.268 e. The maximum Gasteiger partial charge on any atom is 0.186 e. The van der Waals surface area contributed by atoms with Crippen molar-refractivity contribution in [3.05, 3.63) is 5.01 Å². The van der Waals surface area contributed by atoms with E-state index in [2.05, 4.69) is 17.1 Å². The molecule has 0 aliphatic rings. The molecule has 0 aliphatic carbocycles. The zero-order chi connectivity index (χ0) is 18.7. The van der Waals surface area contributed by atoms with Gasteiger partial charge in [0.05, 0.1) is 0 Å². The second kappa shape index (κ2) is 18.6. The highest BCUT2D eigenvalue weighted by atomic mass is 33.1. The Morgan fingerprint density at radius 1 is 0.692 bits per heavy atom. The highest BCUT2D eigenvalue weighted by molar-refractivity contribution is 8.76. The zero-order valence-electron chi connectivity index (χ0n) is 16.7. The van der Waals surface area contributed by atoms with Crippen LogP contribution in [0.25, 0.3) is 0 Å². The molecule has 152 valence electrons. The normalized spacial score (nSPS) is 11.3. The van der Waals surface area contributed by atoms with Gasteiger partial charge in [0.2, 0.25) is 0 Å². The summed E-state index contributed by atoms with van der Waals surface area (Å²) in [6.07, 6.45) is 23.7. The van der Waals surface area contributed by atoms with Crippen LogP contribution < -0.4 is 5.14 Å². The summed E-state index contributed by atoms with van der Waals surface area (Å²) in [5, 5.41) is 14.9. The summed E-state index contributed by atoms with van der Waals surface area (Å²) in [5.41, 5.74) is 0. The standard InChI is InChI=1S/C20H39N3S3/c1-2-3-4-5-6-7-8-9-10-11-12-13-14-15-16-17-18-19-22-23-20(24-19)25-26-21/h2-18,21H2,1H3. The van der Waals surface area contributed by atoms with Crippen LogP contribution in [0.15, 0.2) is 4.34 Å². The van der Waals surface area contributed by atoms with Crippen molar-refractivity contribution in [2.45, 2.75) is 120 Å². The molecule has 0 saturated heterocycles. The molecule has 0 aliphatic heterocycles. The smallest absolute Gasteiger partial charge is 0.186 e. The third kappa shape index (κ3) is 14.3. The Bertz CT molecular complexity index is 413. The summed E-state index contributed by atoms with van der Waals surface area (Å²) in [7, 11) is 2.74. The summed E-state index contributed by atoms with van der Waals surface area (Å²) < 4.78 is 0.976. The lowest BCUT2D eigenvalue weighted by Crippen LogP contribution is -1.86. The quantitative estimate of drug-likeness (QED) is 0.140. The number of nitrogens with zero attached hydrogens (tertiary/aromatic N) is 2. The van der Waals surface area contributed by atoms with Crippen molar-refractivity contribution in [3.63, 3.8) is 0 Å². The predicted octanol–water partition coefficient (Wildman–Crippen LogP) is 7.96. The van der Waals surface area contributed by atoms with E-state index in [0.717, 1.165) is 15.8 Å². The number of unbranched alkanes of at least 4 members (excludes halogenated alkanes) is 15.